The number of rotatable bonds is 5. The molecule has 1 heterocycles. The Hall–Kier alpha value is -1.41. The number of nitrogens with zero attached hydrogens (tertiary/aromatic N) is 1. The van der Waals surface area contributed by atoms with Gasteiger partial charge in [0.25, 0.3) is 0 Å². The van der Waals surface area contributed by atoms with Crippen LogP contribution in [0.3, 0.4) is 0 Å². The number of carbonyl (C=O) groups excluding carboxylic acids is 1. The highest BCUT2D eigenvalue weighted by molar-refractivity contribution is 8.00. The van der Waals surface area contributed by atoms with Crippen molar-refractivity contribution < 1.29 is 27.8 Å². The molecule has 1 aromatic carbocycles. The van der Waals surface area contributed by atoms with Gasteiger partial charge in [-0.3, -0.25) is 4.79 Å². The molecule has 2 fully saturated rings. The third-order valence-electron chi connectivity index (χ3n) is 5.98. The number of amides is 1. The number of hydrogen-bond acceptors (Lipinski definition) is 4. The molecular formula is C22H30F3NO3S. The maximum absolute atomic E-state index is 13.2. The first-order valence-electron chi connectivity index (χ1n) is 10.3. The van der Waals surface area contributed by atoms with E-state index in [1.807, 2.05) is 0 Å². The molecule has 2 aliphatic rings. The predicted octanol–water partition coefficient (Wildman–Crippen LogP) is 5.19. The molecule has 168 valence electrons. The Labute approximate surface area is 180 Å². The fourth-order valence-electron chi connectivity index (χ4n) is 4.11. The van der Waals surface area contributed by atoms with E-state index in [9.17, 15) is 23.1 Å². The van der Waals surface area contributed by atoms with Crippen molar-refractivity contribution in [2.24, 2.45) is 5.41 Å². The molecule has 4 nitrogen and oxygen atoms in total. The van der Waals surface area contributed by atoms with Crippen LogP contribution in [-0.4, -0.2) is 46.4 Å². The lowest BCUT2D eigenvalue weighted by atomic mass is 9.68. The third-order valence-corrected chi connectivity index (χ3v) is 7.52. The Morgan fingerprint density at radius 3 is 2.20 bits per heavy atom. The Morgan fingerprint density at radius 1 is 1.07 bits per heavy atom. The lowest BCUT2D eigenvalue weighted by Crippen LogP contribution is -2.45. The minimum atomic E-state index is -4.38. The topological polar surface area (TPSA) is 49.8 Å². The molecule has 0 radical (unpaired) electrons. The molecule has 1 amide bonds. The summed E-state index contributed by atoms with van der Waals surface area (Å²) in [5, 5.41) is 10.9. The number of thioether (sulfide) groups is 1. The van der Waals surface area contributed by atoms with Crippen molar-refractivity contribution in [3.05, 3.63) is 24.3 Å². The van der Waals surface area contributed by atoms with Crippen LogP contribution in [0.25, 0.3) is 0 Å². The molecule has 1 aliphatic carbocycles. The Balaban J connectivity index is 1.60. The van der Waals surface area contributed by atoms with Crippen molar-refractivity contribution >= 4 is 23.4 Å². The first kappa shape index (κ1) is 23.3. The van der Waals surface area contributed by atoms with Crippen molar-refractivity contribution in [2.75, 3.05) is 23.8 Å². The minimum absolute atomic E-state index is 0.0528. The first-order chi connectivity index (χ1) is 13.8. The average Bonchev–Trinajstić information content (AvgIpc) is 2.97. The molecule has 1 spiro atoms. The summed E-state index contributed by atoms with van der Waals surface area (Å²) in [6.07, 6.45) is -1.10. The van der Waals surface area contributed by atoms with Crippen molar-refractivity contribution in [1.29, 1.82) is 0 Å². The van der Waals surface area contributed by atoms with E-state index >= 15 is 0 Å². The second-order valence-corrected chi connectivity index (χ2v) is 11.3. The molecule has 0 atom stereocenters. The molecule has 30 heavy (non-hydrogen) atoms. The smallest absolute Gasteiger partial charge is 0.422 e. The molecule has 1 aliphatic heterocycles. The van der Waals surface area contributed by atoms with Crippen LogP contribution in [-0.2, 0) is 4.79 Å². The van der Waals surface area contributed by atoms with Crippen LogP contribution in [0, 0.1) is 5.41 Å². The molecule has 0 bridgehead atoms. The van der Waals surface area contributed by atoms with E-state index < -0.39 is 23.8 Å². The van der Waals surface area contributed by atoms with Crippen LogP contribution in [0.5, 0.6) is 5.75 Å². The Bertz CT molecular complexity index is 750. The molecule has 1 saturated heterocycles. The SMILES string of the molecule is CC(C)(C)SC[C@]1(O)CC[C@@]2(CCN(c3ccc(OCC(F)(F)F)cc3)C2=O)CC1. The maximum Gasteiger partial charge on any atom is 0.422 e. The highest BCUT2D eigenvalue weighted by Gasteiger charge is 2.51. The zero-order chi connectivity index (χ0) is 22.2. The number of hydrogen-bond donors (Lipinski definition) is 1. The van der Waals surface area contributed by atoms with Crippen molar-refractivity contribution in [1.82, 2.24) is 0 Å². The summed E-state index contributed by atoms with van der Waals surface area (Å²) in [5.41, 5.74) is -0.501. The molecule has 1 saturated carbocycles. The van der Waals surface area contributed by atoms with Gasteiger partial charge in [-0.2, -0.15) is 24.9 Å². The van der Waals surface area contributed by atoms with Crippen molar-refractivity contribution in [2.45, 2.75) is 69.4 Å². The summed E-state index contributed by atoms with van der Waals surface area (Å²) in [7, 11) is 0. The standard InChI is InChI=1S/C22H30F3NO3S/c1-19(2,3)30-15-21(28)10-8-20(9-11-21)12-13-26(18(20)27)16-4-6-17(7-5-16)29-14-22(23,24)25/h4-7,28H,8-15H2,1-3H3/t20-,21-. The number of carbonyl (C=O) groups is 1. The van der Waals surface area contributed by atoms with Gasteiger partial charge in [-0.15, -0.1) is 0 Å². The van der Waals surface area contributed by atoms with E-state index in [1.54, 1.807) is 28.8 Å². The van der Waals surface area contributed by atoms with Gasteiger partial charge in [0.1, 0.15) is 5.75 Å². The predicted molar refractivity (Wildman–Crippen MR) is 113 cm³/mol. The number of alkyl halides is 3. The lowest BCUT2D eigenvalue weighted by molar-refractivity contribution is -0.153. The fourth-order valence-corrected chi connectivity index (χ4v) is 5.10. The maximum atomic E-state index is 13.2. The van der Waals surface area contributed by atoms with Crippen molar-refractivity contribution in [3.8, 4) is 5.75 Å². The first-order valence-corrected chi connectivity index (χ1v) is 11.3. The summed E-state index contributed by atoms with van der Waals surface area (Å²) in [4.78, 5) is 14.9. The Kier molecular flexibility index (Phi) is 6.41. The molecular weight excluding hydrogens is 415 g/mol. The summed E-state index contributed by atoms with van der Waals surface area (Å²) < 4.78 is 41.7. The number of aliphatic hydroxyl groups is 1. The van der Waals surface area contributed by atoms with E-state index in [-0.39, 0.29) is 16.4 Å². The third kappa shape index (κ3) is 5.63. The van der Waals surface area contributed by atoms with E-state index in [0.29, 0.717) is 43.7 Å². The van der Waals surface area contributed by atoms with Gasteiger partial charge in [-0.05, 0) is 56.4 Å². The van der Waals surface area contributed by atoms with E-state index in [4.69, 9.17) is 4.74 Å². The zero-order valence-corrected chi connectivity index (χ0v) is 18.5. The normalized spacial score (nSPS) is 27.7. The van der Waals surface area contributed by atoms with Gasteiger partial charge in [0.05, 0.1) is 11.0 Å². The molecule has 1 aromatic rings. The van der Waals surface area contributed by atoms with E-state index in [0.717, 1.165) is 6.42 Å². The quantitative estimate of drug-likeness (QED) is 0.678. The minimum Gasteiger partial charge on any atom is -0.484 e. The van der Waals surface area contributed by atoms with Gasteiger partial charge in [-0.25, -0.2) is 0 Å². The number of benzene rings is 1. The summed E-state index contributed by atoms with van der Waals surface area (Å²) in [6.45, 7) is 5.63. The van der Waals surface area contributed by atoms with E-state index in [1.165, 1.54) is 12.1 Å². The number of halogens is 3. The van der Waals surface area contributed by atoms with Gasteiger partial charge in [0.2, 0.25) is 5.91 Å². The number of anilines is 1. The number of ether oxygens (including phenoxy) is 1. The van der Waals surface area contributed by atoms with Gasteiger partial charge in [0.15, 0.2) is 6.61 Å². The second-order valence-electron chi connectivity index (χ2n) is 9.51. The van der Waals surface area contributed by atoms with Gasteiger partial charge in [0, 0.05) is 22.7 Å². The monoisotopic (exact) mass is 445 g/mol. The van der Waals surface area contributed by atoms with Crippen LogP contribution < -0.4 is 9.64 Å². The van der Waals surface area contributed by atoms with Gasteiger partial charge in [-0.1, -0.05) is 20.8 Å². The van der Waals surface area contributed by atoms with Gasteiger partial charge < -0.3 is 14.7 Å². The molecule has 1 N–H and O–H groups in total. The van der Waals surface area contributed by atoms with Gasteiger partial charge >= 0.3 is 6.18 Å². The highest BCUT2D eigenvalue weighted by Crippen LogP contribution is 2.49. The van der Waals surface area contributed by atoms with Crippen molar-refractivity contribution in [3.63, 3.8) is 0 Å². The largest absolute Gasteiger partial charge is 0.484 e. The molecule has 0 unspecified atom stereocenters. The summed E-state index contributed by atoms with van der Waals surface area (Å²) in [6, 6.07) is 6.18. The van der Waals surface area contributed by atoms with Crippen LogP contribution in [0.4, 0.5) is 18.9 Å². The average molecular weight is 446 g/mol. The highest BCUT2D eigenvalue weighted by atomic mass is 32.2. The Morgan fingerprint density at radius 2 is 1.67 bits per heavy atom. The van der Waals surface area contributed by atoms with E-state index in [2.05, 4.69) is 20.8 Å². The van der Waals surface area contributed by atoms with Crippen LogP contribution in [0.2, 0.25) is 0 Å². The molecule has 0 aromatic heterocycles. The summed E-state index contributed by atoms with van der Waals surface area (Å²) >= 11 is 1.75. The van der Waals surface area contributed by atoms with Crippen LogP contribution >= 0.6 is 11.8 Å². The molecule has 8 heteroatoms. The lowest BCUT2D eigenvalue weighted by Gasteiger charge is -2.41. The molecule has 3 rings (SSSR count). The second kappa shape index (κ2) is 8.26. The van der Waals surface area contributed by atoms with Crippen LogP contribution in [0.15, 0.2) is 24.3 Å². The fraction of sp³-hybridized carbons (Fsp3) is 0.682. The summed E-state index contributed by atoms with van der Waals surface area (Å²) in [5.74, 6) is 0.845. The van der Waals surface area contributed by atoms with Crippen LogP contribution in [0.1, 0.15) is 52.9 Å². The zero-order valence-electron chi connectivity index (χ0n) is 17.7.